The van der Waals surface area contributed by atoms with Crippen LogP contribution in [0.5, 0.6) is 0 Å². The molecule has 90 valence electrons. The first-order chi connectivity index (χ1) is 7.47. The number of hydrogen-bond acceptors (Lipinski definition) is 3. The summed E-state index contributed by atoms with van der Waals surface area (Å²) >= 11 is 5.88. The van der Waals surface area contributed by atoms with E-state index in [1.165, 1.54) is 0 Å². The van der Waals surface area contributed by atoms with Crippen molar-refractivity contribution in [3.63, 3.8) is 0 Å². The van der Waals surface area contributed by atoms with Crippen LogP contribution in [0.25, 0.3) is 0 Å². The number of nitrogens with zero attached hydrogens (tertiary/aromatic N) is 3. The molecule has 0 aromatic carbocycles. The monoisotopic (exact) mass is 245 g/mol. The molecular formula is C10H16ClN3O2. The zero-order valence-electron chi connectivity index (χ0n) is 9.73. The van der Waals surface area contributed by atoms with Gasteiger partial charge in [-0.2, -0.15) is 5.10 Å². The highest BCUT2D eigenvalue weighted by atomic mass is 35.5. The summed E-state index contributed by atoms with van der Waals surface area (Å²) in [5.74, 6) is 0. The number of nitro groups is 1. The Balaban J connectivity index is 3.18. The molecule has 0 saturated carbocycles. The number of halogens is 1. The van der Waals surface area contributed by atoms with E-state index >= 15 is 0 Å². The van der Waals surface area contributed by atoms with E-state index in [2.05, 4.69) is 5.10 Å². The fourth-order valence-electron chi connectivity index (χ4n) is 1.72. The lowest BCUT2D eigenvalue weighted by Gasteiger charge is -2.02. The molecule has 0 bridgehead atoms. The van der Waals surface area contributed by atoms with Crippen molar-refractivity contribution >= 4 is 17.3 Å². The third-order valence-electron chi connectivity index (χ3n) is 2.35. The Morgan fingerprint density at radius 3 is 2.69 bits per heavy atom. The van der Waals surface area contributed by atoms with E-state index < -0.39 is 0 Å². The van der Waals surface area contributed by atoms with Gasteiger partial charge in [0.2, 0.25) is 0 Å². The maximum absolute atomic E-state index is 11.0. The van der Waals surface area contributed by atoms with Gasteiger partial charge in [0.1, 0.15) is 11.4 Å². The minimum Gasteiger partial charge on any atom is -0.265 e. The van der Waals surface area contributed by atoms with Crippen LogP contribution in [-0.4, -0.2) is 20.1 Å². The highest BCUT2D eigenvalue weighted by molar-refractivity contribution is 6.20. The lowest BCUT2D eigenvalue weighted by Crippen LogP contribution is -2.06. The molecule has 0 saturated heterocycles. The van der Waals surface area contributed by atoms with Crippen molar-refractivity contribution in [2.24, 2.45) is 7.05 Å². The Labute approximate surface area is 99.5 Å². The van der Waals surface area contributed by atoms with Gasteiger partial charge in [0.05, 0.1) is 4.92 Å². The molecule has 0 fully saturated rings. The second-order valence-corrected chi connectivity index (χ2v) is 4.60. The van der Waals surface area contributed by atoms with Crippen molar-refractivity contribution in [3.8, 4) is 0 Å². The average molecular weight is 246 g/mol. The zero-order valence-corrected chi connectivity index (χ0v) is 10.5. The van der Waals surface area contributed by atoms with Crippen LogP contribution in [0, 0.1) is 10.1 Å². The zero-order chi connectivity index (χ0) is 12.3. The Bertz CT molecular complexity index is 388. The van der Waals surface area contributed by atoms with Crippen molar-refractivity contribution in [1.82, 2.24) is 9.78 Å². The summed E-state index contributed by atoms with van der Waals surface area (Å²) in [6.45, 7) is 3.79. The summed E-state index contributed by atoms with van der Waals surface area (Å²) in [4.78, 5) is 10.7. The summed E-state index contributed by atoms with van der Waals surface area (Å²) < 4.78 is 1.57. The lowest BCUT2D eigenvalue weighted by molar-refractivity contribution is -0.386. The summed E-state index contributed by atoms with van der Waals surface area (Å²) in [6, 6.07) is 0. The van der Waals surface area contributed by atoms with Gasteiger partial charge in [-0.05, 0) is 13.3 Å². The molecule has 0 radical (unpaired) electrons. The van der Waals surface area contributed by atoms with Crippen LogP contribution in [0.2, 0.25) is 0 Å². The second kappa shape index (κ2) is 5.30. The highest BCUT2D eigenvalue weighted by Crippen LogP contribution is 2.26. The van der Waals surface area contributed by atoms with E-state index in [9.17, 15) is 10.1 Å². The minimum atomic E-state index is -0.355. The van der Waals surface area contributed by atoms with E-state index in [1.807, 2.05) is 13.8 Å². The van der Waals surface area contributed by atoms with E-state index in [4.69, 9.17) is 11.6 Å². The van der Waals surface area contributed by atoms with Gasteiger partial charge in [-0.15, -0.1) is 11.6 Å². The Morgan fingerprint density at radius 1 is 1.62 bits per heavy atom. The van der Waals surface area contributed by atoms with Gasteiger partial charge in [-0.3, -0.25) is 14.8 Å². The predicted octanol–water partition coefficient (Wildman–Crippen LogP) is 2.45. The Kier molecular flexibility index (Phi) is 4.29. The number of aromatic nitrogens is 2. The minimum absolute atomic E-state index is 0.136. The van der Waals surface area contributed by atoms with Gasteiger partial charge in [-0.25, -0.2) is 0 Å². The van der Waals surface area contributed by atoms with Crippen molar-refractivity contribution < 1.29 is 4.92 Å². The first-order valence-corrected chi connectivity index (χ1v) is 5.74. The molecule has 0 amide bonds. The number of alkyl halides is 1. The molecular weight excluding hydrogens is 230 g/mol. The van der Waals surface area contributed by atoms with E-state index in [0.717, 1.165) is 6.42 Å². The van der Waals surface area contributed by atoms with Crippen LogP contribution in [0.1, 0.15) is 31.7 Å². The average Bonchev–Trinajstić information content (AvgIpc) is 2.43. The molecule has 1 heterocycles. The molecule has 6 heteroatoms. The van der Waals surface area contributed by atoms with Crippen molar-refractivity contribution in [2.75, 3.05) is 0 Å². The molecule has 0 aliphatic carbocycles. The van der Waals surface area contributed by atoms with Gasteiger partial charge in [0.25, 0.3) is 0 Å². The Morgan fingerprint density at radius 2 is 2.25 bits per heavy atom. The molecule has 16 heavy (non-hydrogen) atoms. The van der Waals surface area contributed by atoms with Crippen LogP contribution in [-0.2, 0) is 19.9 Å². The predicted molar refractivity (Wildman–Crippen MR) is 62.9 cm³/mol. The summed E-state index contributed by atoms with van der Waals surface area (Å²) in [7, 11) is 1.72. The molecule has 1 aromatic heterocycles. The topological polar surface area (TPSA) is 61.0 Å². The maximum atomic E-state index is 11.0. The molecule has 0 aliphatic heterocycles. The number of rotatable bonds is 5. The molecule has 1 aromatic rings. The third kappa shape index (κ3) is 2.72. The molecule has 0 N–H and O–H groups in total. The van der Waals surface area contributed by atoms with Gasteiger partial charge in [-0.1, -0.05) is 13.3 Å². The summed E-state index contributed by atoms with van der Waals surface area (Å²) in [5, 5.41) is 15.1. The molecule has 1 atom stereocenters. The lowest BCUT2D eigenvalue weighted by atomic mass is 10.1. The molecule has 5 nitrogen and oxygen atoms in total. The van der Waals surface area contributed by atoms with Crippen molar-refractivity contribution in [2.45, 2.75) is 38.5 Å². The van der Waals surface area contributed by atoms with Gasteiger partial charge in [0.15, 0.2) is 0 Å². The largest absolute Gasteiger partial charge is 0.313 e. The van der Waals surface area contributed by atoms with Crippen LogP contribution in [0.15, 0.2) is 0 Å². The fraction of sp³-hybridized carbons (Fsp3) is 0.700. The first kappa shape index (κ1) is 13.0. The normalized spacial score (nSPS) is 12.8. The van der Waals surface area contributed by atoms with E-state index in [0.29, 0.717) is 24.2 Å². The highest BCUT2D eigenvalue weighted by Gasteiger charge is 2.26. The van der Waals surface area contributed by atoms with Crippen LogP contribution in [0.3, 0.4) is 0 Å². The van der Waals surface area contributed by atoms with Gasteiger partial charge < -0.3 is 0 Å². The number of aryl methyl sites for hydroxylation is 2. The SMILES string of the molecule is CCCc1nn(C)c(CC(C)Cl)c1[N+](=O)[O-]. The number of hydrogen-bond donors (Lipinski definition) is 0. The van der Waals surface area contributed by atoms with Crippen LogP contribution in [0.4, 0.5) is 5.69 Å². The molecule has 0 spiro atoms. The van der Waals surface area contributed by atoms with Gasteiger partial charge >= 0.3 is 5.69 Å². The quantitative estimate of drug-likeness (QED) is 0.455. The maximum Gasteiger partial charge on any atom is 0.313 e. The smallest absolute Gasteiger partial charge is 0.265 e. The summed E-state index contributed by atoms with van der Waals surface area (Å²) in [6.07, 6.45) is 1.93. The standard InChI is InChI=1S/C10H16ClN3O2/c1-4-5-8-10(14(15)16)9(6-7(2)11)13(3)12-8/h7H,4-6H2,1-3H3. The van der Waals surface area contributed by atoms with Crippen molar-refractivity contribution in [3.05, 3.63) is 21.5 Å². The van der Waals surface area contributed by atoms with Gasteiger partial charge in [0, 0.05) is 18.8 Å². The second-order valence-electron chi connectivity index (χ2n) is 3.86. The Hall–Kier alpha value is -1.10. The summed E-state index contributed by atoms with van der Waals surface area (Å²) in [5.41, 5.74) is 1.30. The molecule has 1 unspecified atom stereocenters. The molecule has 1 rings (SSSR count). The van der Waals surface area contributed by atoms with Crippen molar-refractivity contribution in [1.29, 1.82) is 0 Å². The van der Waals surface area contributed by atoms with Crippen LogP contribution >= 0.6 is 11.6 Å². The first-order valence-electron chi connectivity index (χ1n) is 5.30. The van der Waals surface area contributed by atoms with Crippen LogP contribution < -0.4 is 0 Å². The molecule has 0 aliphatic rings. The fourth-order valence-corrected chi connectivity index (χ4v) is 1.87. The van der Waals surface area contributed by atoms with E-state index in [1.54, 1.807) is 11.7 Å². The van der Waals surface area contributed by atoms with E-state index in [-0.39, 0.29) is 16.0 Å². The third-order valence-corrected chi connectivity index (χ3v) is 2.51.